The van der Waals surface area contributed by atoms with Crippen LogP contribution in [0.2, 0.25) is 0 Å². The van der Waals surface area contributed by atoms with Gasteiger partial charge in [0.15, 0.2) is 11.5 Å². The summed E-state index contributed by atoms with van der Waals surface area (Å²) in [4.78, 5) is 2.41. The van der Waals surface area contributed by atoms with Gasteiger partial charge in [0.1, 0.15) is 12.4 Å². The average molecular weight is 373 g/mol. The summed E-state index contributed by atoms with van der Waals surface area (Å²) in [5.41, 5.74) is 3.49. The molecule has 0 atom stereocenters. The van der Waals surface area contributed by atoms with Crippen molar-refractivity contribution in [3.05, 3.63) is 58.9 Å². The lowest BCUT2D eigenvalue weighted by Crippen LogP contribution is -2.40. The van der Waals surface area contributed by atoms with Crippen molar-refractivity contribution >= 4 is 0 Å². The fourth-order valence-corrected chi connectivity index (χ4v) is 3.54. The molecule has 0 unspecified atom stereocenters. The van der Waals surface area contributed by atoms with Gasteiger partial charge in [-0.2, -0.15) is 0 Å². The molecule has 0 fully saturated rings. The van der Waals surface area contributed by atoms with Crippen LogP contribution in [0.5, 0.6) is 11.5 Å². The molecule has 0 radical (unpaired) electrons. The second kappa shape index (κ2) is 8.28. The lowest BCUT2D eigenvalue weighted by Gasteiger charge is -2.35. The van der Waals surface area contributed by atoms with E-state index in [4.69, 9.17) is 14.6 Å². The van der Waals surface area contributed by atoms with Gasteiger partial charge in [0.2, 0.25) is 0 Å². The number of nitrogens with zero attached hydrogens (tertiary/aromatic N) is 1. The zero-order valence-electron chi connectivity index (χ0n) is 16.3. The normalized spacial score (nSPS) is 14.3. The monoisotopic (exact) mass is 373 g/mol. The molecule has 4 nitrogen and oxygen atoms in total. The Bertz CT molecular complexity index is 791. The van der Waals surface area contributed by atoms with E-state index in [1.54, 1.807) is 19.2 Å². The molecule has 1 aliphatic rings. The van der Waals surface area contributed by atoms with Gasteiger partial charge in [0.25, 0.3) is 0 Å². The van der Waals surface area contributed by atoms with Gasteiger partial charge in [-0.25, -0.2) is 4.39 Å². The van der Waals surface area contributed by atoms with Crippen molar-refractivity contribution in [1.29, 1.82) is 0 Å². The maximum atomic E-state index is 13.5. The zero-order chi connectivity index (χ0) is 19.4. The summed E-state index contributed by atoms with van der Waals surface area (Å²) >= 11 is 0. The van der Waals surface area contributed by atoms with Crippen LogP contribution < -0.4 is 9.47 Å². The molecule has 0 aliphatic carbocycles. The third-order valence-electron chi connectivity index (χ3n) is 5.35. The first kappa shape index (κ1) is 19.6. The fourth-order valence-electron chi connectivity index (χ4n) is 3.54. The summed E-state index contributed by atoms with van der Waals surface area (Å²) in [7, 11) is 1.62. The third-order valence-corrected chi connectivity index (χ3v) is 5.35. The van der Waals surface area contributed by atoms with Crippen LogP contribution >= 0.6 is 0 Å². The second-order valence-corrected chi connectivity index (χ2v) is 7.64. The Balaban J connectivity index is 1.64. The summed E-state index contributed by atoms with van der Waals surface area (Å²) in [5, 5.41) is 8.91. The smallest absolute Gasteiger partial charge is 0.161 e. The van der Waals surface area contributed by atoms with E-state index >= 15 is 0 Å². The second-order valence-electron chi connectivity index (χ2n) is 7.64. The van der Waals surface area contributed by atoms with E-state index in [0.29, 0.717) is 11.5 Å². The highest BCUT2D eigenvalue weighted by molar-refractivity contribution is 5.43. The molecular weight excluding hydrogens is 345 g/mol. The molecule has 3 rings (SSSR count). The molecule has 0 saturated heterocycles. The first-order chi connectivity index (χ1) is 12.9. The number of hydrogen-bond acceptors (Lipinski definition) is 4. The number of hydrogen-bond donors (Lipinski definition) is 1. The van der Waals surface area contributed by atoms with Crippen molar-refractivity contribution < 1.29 is 19.0 Å². The summed E-state index contributed by atoms with van der Waals surface area (Å²) in [6.45, 7) is 6.35. The molecule has 0 spiro atoms. The minimum atomic E-state index is -0.163. The first-order valence-corrected chi connectivity index (χ1v) is 9.36. The van der Waals surface area contributed by atoms with Crippen molar-refractivity contribution in [1.82, 2.24) is 4.90 Å². The van der Waals surface area contributed by atoms with Gasteiger partial charge < -0.3 is 14.6 Å². The van der Waals surface area contributed by atoms with Gasteiger partial charge in [-0.1, -0.05) is 12.1 Å². The average Bonchev–Trinajstić information content (AvgIpc) is 3.09. The number of benzene rings is 2. The molecule has 0 amide bonds. The molecular formula is C22H28FNO3. The first-order valence-electron chi connectivity index (χ1n) is 9.36. The van der Waals surface area contributed by atoms with E-state index in [9.17, 15) is 4.39 Å². The number of fused-ring (bicyclic) bond motifs is 1. The Kier molecular flexibility index (Phi) is 6.02. The largest absolute Gasteiger partial charge is 0.493 e. The minimum absolute atomic E-state index is 0.00517. The molecule has 2 aromatic carbocycles. The Morgan fingerprint density at radius 2 is 1.85 bits per heavy atom. The molecule has 0 bridgehead atoms. The highest BCUT2D eigenvalue weighted by atomic mass is 19.1. The van der Waals surface area contributed by atoms with Gasteiger partial charge in [0, 0.05) is 18.6 Å². The maximum Gasteiger partial charge on any atom is 0.161 e. The molecule has 5 heteroatoms. The Morgan fingerprint density at radius 1 is 1.07 bits per heavy atom. The van der Waals surface area contributed by atoms with Crippen molar-refractivity contribution in [2.75, 3.05) is 20.3 Å². The van der Waals surface area contributed by atoms with Crippen LogP contribution in [0.3, 0.4) is 0 Å². The van der Waals surface area contributed by atoms with E-state index in [0.717, 1.165) is 31.5 Å². The van der Waals surface area contributed by atoms with Crippen LogP contribution in [0.1, 0.15) is 37.0 Å². The number of methoxy groups -OCH3 is 1. The van der Waals surface area contributed by atoms with Crippen LogP contribution in [-0.4, -0.2) is 35.9 Å². The van der Waals surface area contributed by atoms with Crippen LogP contribution in [-0.2, 0) is 19.5 Å². The fraction of sp³-hybridized carbons (Fsp3) is 0.455. The minimum Gasteiger partial charge on any atom is -0.493 e. The molecule has 1 heterocycles. The van der Waals surface area contributed by atoms with Crippen LogP contribution in [0, 0.1) is 5.82 Å². The molecule has 2 aromatic rings. The summed E-state index contributed by atoms with van der Waals surface area (Å²) in [5.74, 6) is 1.17. The predicted molar refractivity (Wildman–Crippen MR) is 104 cm³/mol. The summed E-state index contributed by atoms with van der Waals surface area (Å²) < 4.78 is 24.4. The van der Waals surface area contributed by atoms with Gasteiger partial charge >= 0.3 is 0 Å². The van der Waals surface area contributed by atoms with E-state index in [2.05, 4.69) is 18.7 Å². The lowest BCUT2D eigenvalue weighted by molar-refractivity contribution is 0.109. The molecule has 0 aromatic heterocycles. The van der Waals surface area contributed by atoms with Crippen molar-refractivity contribution in [3.8, 4) is 11.5 Å². The Morgan fingerprint density at radius 3 is 2.59 bits per heavy atom. The lowest BCUT2D eigenvalue weighted by atomic mass is 9.93. The van der Waals surface area contributed by atoms with Crippen LogP contribution in [0.25, 0.3) is 0 Å². The van der Waals surface area contributed by atoms with E-state index in [-0.39, 0.29) is 24.6 Å². The van der Waals surface area contributed by atoms with Gasteiger partial charge in [-0.05, 0) is 67.6 Å². The van der Waals surface area contributed by atoms with E-state index in [1.807, 2.05) is 24.3 Å². The number of ether oxygens (including phenoxy) is 2. The topological polar surface area (TPSA) is 41.9 Å². The molecule has 146 valence electrons. The Hall–Kier alpha value is -2.11. The molecule has 27 heavy (non-hydrogen) atoms. The molecule has 1 aliphatic heterocycles. The van der Waals surface area contributed by atoms with Crippen molar-refractivity contribution in [3.63, 3.8) is 0 Å². The Labute approximate surface area is 160 Å². The number of aryl methyl sites for hydroxylation is 1. The van der Waals surface area contributed by atoms with Crippen molar-refractivity contribution in [2.45, 2.75) is 45.3 Å². The van der Waals surface area contributed by atoms with Gasteiger partial charge in [-0.3, -0.25) is 4.90 Å². The maximum absolute atomic E-state index is 13.5. The van der Waals surface area contributed by atoms with Gasteiger partial charge in [0.05, 0.1) is 13.7 Å². The zero-order valence-corrected chi connectivity index (χ0v) is 16.3. The number of aliphatic hydroxyl groups is 1. The van der Waals surface area contributed by atoms with E-state index < -0.39 is 0 Å². The van der Waals surface area contributed by atoms with Crippen molar-refractivity contribution in [2.24, 2.45) is 0 Å². The number of aliphatic hydroxyl groups excluding tert-OH is 1. The quantitative estimate of drug-likeness (QED) is 0.761. The third kappa shape index (κ3) is 4.60. The predicted octanol–water partition coefficient (Wildman–Crippen LogP) is 3.93. The summed E-state index contributed by atoms with van der Waals surface area (Å²) in [6.07, 6.45) is 1.88. The highest BCUT2D eigenvalue weighted by Gasteiger charge is 2.31. The number of rotatable bonds is 8. The highest BCUT2D eigenvalue weighted by Crippen LogP contribution is 2.33. The SMILES string of the molecule is COc1cc(CCC(C)(C)N2Cc3ccc(F)cc3C2)ccc1OCCO. The molecule has 0 saturated carbocycles. The number of halogens is 1. The van der Waals surface area contributed by atoms with Crippen LogP contribution in [0.15, 0.2) is 36.4 Å². The van der Waals surface area contributed by atoms with E-state index in [1.165, 1.54) is 11.1 Å². The standard InChI is InChI=1S/C22H28FNO3/c1-22(2,24-14-17-5-6-19(23)13-18(17)15-24)9-8-16-4-7-20(27-11-10-25)21(12-16)26-3/h4-7,12-13,25H,8-11,14-15H2,1-3H3. The van der Waals surface area contributed by atoms with Crippen LogP contribution in [0.4, 0.5) is 4.39 Å². The summed E-state index contributed by atoms with van der Waals surface area (Å²) in [6, 6.07) is 11.0. The van der Waals surface area contributed by atoms with Gasteiger partial charge in [-0.15, -0.1) is 0 Å². The molecule has 1 N–H and O–H groups in total.